The number of benzene rings is 1. The molecule has 2 rings (SSSR count). The molecule has 0 aliphatic heterocycles. The van der Waals surface area contributed by atoms with Crippen LogP contribution in [0.1, 0.15) is 58.9 Å². The lowest BCUT2D eigenvalue weighted by Crippen LogP contribution is -2.59. The molecule has 13 heteroatoms. The molecule has 13 nitrogen and oxygen atoms in total. The van der Waals surface area contributed by atoms with Gasteiger partial charge in [-0.3, -0.25) is 19.4 Å². The van der Waals surface area contributed by atoms with E-state index in [9.17, 15) is 24.3 Å². The average Bonchev–Trinajstić information content (AvgIpc) is 3.37. The van der Waals surface area contributed by atoms with Gasteiger partial charge in [-0.1, -0.05) is 58.7 Å². The minimum Gasteiger partial charge on any atom is -0.480 e. The van der Waals surface area contributed by atoms with E-state index in [1.165, 1.54) is 0 Å². The van der Waals surface area contributed by atoms with Crippen LogP contribution in [-0.4, -0.2) is 70.5 Å². The molecule has 11 N–H and O–H groups in total. The van der Waals surface area contributed by atoms with E-state index < -0.39 is 47.9 Å². The summed E-state index contributed by atoms with van der Waals surface area (Å²) in [4.78, 5) is 58.8. The zero-order chi connectivity index (χ0) is 31.4. The number of aliphatic carboxylic acids is 1. The van der Waals surface area contributed by atoms with Gasteiger partial charge in [0.05, 0.1) is 6.04 Å². The van der Waals surface area contributed by atoms with Crippen LogP contribution in [0, 0.1) is 11.8 Å². The Labute approximate surface area is 246 Å². The predicted molar refractivity (Wildman–Crippen MR) is 162 cm³/mol. The zero-order valence-corrected chi connectivity index (χ0v) is 24.9. The number of nitrogens with one attached hydrogen (secondary N) is 4. The molecule has 1 aromatic heterocycles. The molecule has 42 heavy (non-hydrogen) atoms. The Morgan fingerprint density at radius 3 is 2.17 bits per heavy atom. The van der Waals surface area contributed by atoms with Gasteiger partial charge in [0, 0.05) is 23.6 Å². The number of rotatable bonds is 17. The molecule has 1 aromatic carbocycles. The van der Waals surface area contributed by atoms with Crippen molar-refractivity contribution in [2.75, 3.05) is 6.54 Å². The summed E-state index contributed by atoms with van der Waals surface area (Å²) in [6, 6.07) is 3.57. The van der Waals surface area contributed by atoms with E-state index >= 15 is 0 Å². The Morgan fingerprint density at radius 2 is 1.55 bits per heavy atom. The molecule has 0 fully saturated rings. The number of carboxylic acid groups (broad SMARTS) is 1. The number of hydrogen-bond acceptors (Lipinski definition) is 6. The van der Waals surface area contributed by atoms with Crippen molar-refractivity contribution < 1.29 is 24.3 Å². The summed E-state index contributed by atoms with van der Waals surface area (Å²) in [5.74, 6) is -3.62. The van der Waals surface area contributed by atoms with Gasteiger partial charge in [0.2, 0.25) is 17.7 Å². The van der Waals surface area contributed by atoms with Gasteiger partial charge < -0.3 is 43.2 Å². The highest BCUT2D eigenvalue weighted by Crippen LogP contribution is 2.19. The summed E-state index contributed by atoms with van der Waals surface area (Å²) in [6.07, 6.45) is 3.64. The zero-order valence-electron chi connectivity index (χ0n) is 24.9. The van der Waals surface area contributed by atoms with Gasteiger partial charge in [-0.25, -0.2) is 4.79 Å². The van der Waals surface area contributed by atoms with Crippen molar-refractivity contribution in [3.8, 4) is 0 Å². The first kappa shape index (κ1) is 34.1. The Hall–Kier alpha value is -4.13. The summed E-state index contributed by atoms with van der Waals surface area (Å²) in [7, 11) is 0. The second-order valence-corrected chi connectivity index (χ2v) is 10.8. The standard InChI is InChI=1S/C29H46N8O5/c1-5-16(3)23(36-25(38)20(30)14-18-15-34-21-11-8-7-10-19(18)21)27(40)35-22(12-9-13-33-29(31)32)26(39)37-24(28(41)42)17(4)6-2/h7-8,10-11,15-17,20,22-24,34H,5-6,9,12-14,30H2,1-4H3,(H,35,40)(H,36,38)(H,37,39)(H,41,42)(H4,31,32,33). The van der Waals surface area contributed by atoms with Gasteiger partial charge in [-0.05, 0) is 42.7 Å². The number of aliphatic imine (C=N–C) groups is 1. The van der Waals surface area contributed by atoms with Gasteiger partial charge in [0.25, 0.3) is 0 Å². The quantitative estimate of drug-likeness (QED) is 0.0746. The fourth-order valence-electron chi connectivity index (χ4n) is 4.56. The molecule has 6 atom stereocenters. The highest BCUT2D eigenvalue weighted by molar-refractivity contribution is 5.94. The van der Waals surface area contributed by atoms with Crippen molar-refractivity contribution in [2.45, 2.75) is 84.0 Å². The van der Waals surface area contributed by atoms with Crippen molar-refractivity contribution in [1.82, 2.24) is 20.9 Å². The van der Waals surface area contributed by atoms with Crippen LogP contribution in [0.15, 0.2) is 35.5 Å². The number of aromatic amines is 1. The third-order valence-electron chi connectivity index (χ3n) is 7.60. The fraction of sp³-hybridized carbons (Fsp3) is 0.552. The molecule has 1 heterocycles. The third-order valence-corrected chi connectivity index (χ3v) is 7.60. The summed E-state index contributed by atoms with van der Waals surface area (Å²) in [6.45, 7) is 7.45. The molecule has 6 unspecified atom stereocenters. The SMILES string of the molecule is CCC(C)C(NC(=O)C(CCCN=C(N)N)NC(=O)C(NC(=O)C(N)Cc1c[nH]c2ccccc12)C(C)CC)C(=O)O. The Bertz CT molecular complexity index is 1240. The first-order valence-electron chi connectivity index (χ1n) is 14.4. The van der Waals surface area contributed by atoms with E-state index in [4.69, 9.17) is 17.2 Å². The Balaban J connectivity index is 2.19. The molecule has 0 bridgehead atoms. The molecule has 0 radical (unpaired) electrons. The molecule has 2 aromatic rings. The van der Waals surface area contributed by atoms with Gasteiger partial charge in [0.15, 0.2) is 5.96 Å². The maximum Gasteiger partial charge on any atom is 0.326 e. The molecule has 0 spiro atoms. The smallest absolute Gasteiger partial charge is 0.326 e. The number of fused-ring (bicyclic) bond motifs is 1. The van der Waals surface area contributed by atoms with E-state index in [-0.39, 0.29) is 37.2 Å². The molecular formula is C29H46N8O5. The van der Waals surface area contributed by atoms with Crippen molar-refractivity contribution >= 4 is 40.6 Å². The molecule has 0 aliphatic rings. The monoisotopic (exact) mass is 586 g/mol. The number of carbonyl (C=O) groups is 4. The normalized spacial score (nSPS) is 15.5. The number of H-pyrrole nitrogens is 1. The van der Waals surface area contributed by atoms with Crippen LogP contribution in [0.25, 0.3) is 10.9 Å². The molecule has 0 saturated heterocycles. The summed E-state index contributed by atoms with van der Waals surface area (Å²) in [5.41, 5.74) is 18.8. The Kier molecular flexibility index (Phi) is 13.3. The number of aromatic nitrogens is 1. The number of guanidine groups is 1. The largest absolute Gasteiger partial charge is 0.480 e. The maximum absolute atomic E-state index is 13.5. The number of carboxylic acids is 1. The van der Waals surface area contributed by atoms with E-state index in [2.05, 4.69) is 25.9 Å². The lowest BCUT2D eigenvalue weighted by Gasteiger charge is -2.28. The van der Waals surface area contributed by atoms with Crippen molar-refractivity contribution in [1.29, 1.82) is 0 Å². The summed E-state index contributed by atoms with van der Waals surface area (Å²) < 4.78 is 0. The second kappa shape index (κ2) is 16.3. The van der Waals surface area contributed by atoms with Crippen LogP contribution in [0.3, 0.4) is 0 Å². The van der Waals surface area contributed by atoms with Crippen LogP contribution in [0.2, 0.25) is 0 Å². The van der Waals surface area contributed by atoms with Crippen LogP contribution in [0.5, 0.6) is 0 Å². The average molecular weight is 587 g/mol. The van der Waals surface area contributed by atoms with Crippen LogP contribution in [-0.2, 0) is 25.6 Å². The summed E-state index contributed by atoms with van der Waals surface area (Å²) >= 11 is 0. The Morgan fingerprint density at radius 1 is 0.929 bits per heavy atom. The molecule has 232 valence electrons. The first-order valence-corrected chi connectivity index (χ1v) is 14.4. The van der Waals surface area contributed by atoms with E-state index in [1.807, 2.05) is 51.2 Å². The fourth-order valence-corrected chi connectivity index (χ4v) is 4.56. The number of carbonyl (C=O) groups excluding carboxylic acids is 3. The van der Waals surface area contributed by atoms with Gasteiger partial charge in [0.1, 0.15) is 18.1 Å². The number of hydrogen-bond donors (Lipinski definition) is 8. The third kappa shape index (κ3) is 9.75. The van der Waals surface area contributed by atoms with Crippen molar-refractivity contribution in [3.63, 3.8) is 0 Å². The molecular weight excluding hydrogens is 540 g/mol. The van der Waals surface area contributed by atoms with Crippen molar-refractivity contribution in [2.24, 2.45) is 34.0 Å². The first-order chi connectivity index (χ1) is 19.9. The number of amides is 3. The van der Waals surface area contributed by atoms with Gasteiger partial charge in [-0.15, -0.1) is 0 Å². The predicted octanol–water partition coefficient (Wildman–Crippen LogP) is 0.723. The minimum atomic E-state index is -1.17. The van der Waals surface area contributed by atoms with Crippen molar-refractivity contribution in [3.05, 3.63) is 36.0 Å². The summed E-state index contributed by atoms with van der Waals surface area (Å²) in [5, 5.41) is 18.7. The number of nitrogens with two attached hydrogens (primary N) is 3. The van der Waals surface area contributed by atoms with Crippen LogP contribution >= 0.6 is 0 Å². The molecule has 0 aliphatic carbocycles. The van der Waals surface area contributed by atoms with Gasteiger partial charge >= 0.3 is 5.97 Å². The van der Waals surface area contributed by atoms with Crippen LogP contribution < -0.4 is 33.2 Å². The molecule has 0 saturated carbocycles. The topological polar surface area (TPSA) is 231 Å². The highest BCUT2D eigenvalue weighted by atomic mass is 16.4. The van der Waals surface area contributed by atoms with Gasteiger partial charge in [-0.2, -0.15) is 0 Å². The van der Waals surface area contributed by atoms with E-state index in [0.717, 1.165) is 16.5 Å². The van der Waals surface area contributed by atoms with Crippen LogP contribution in [0.4, 0.5) is 0 Å². The lowest BCUT2D eigenvalue weighted by molar-refractivity contribution is -0.144. The number of nitrogens with zero attached hydrogens (tertiary/aromatic N) is 1. The number of para-hydroxylation sites is 1. The molecule has 3 amide bonds. The second-order valence-electron chi connectivity index (χ2n) is 10.8. The van der Waals surface area contributed by atoms with E-state index in [0.29, 0.717) is 19.3 Å². The highest BCUT2D eigenvalue weighted by Gasteiger charge is 2.33. The minimum absolute atomic E-state index is 0.105. The maximum atomic E-state index is 13.5. The lowest BCUT2D eigenvalue weighted by atomic mass is 9.96. The van der Waals surface area contributed by atoms with E-state index in [1.54, 1.807) is 6.92 Å².